The molecule has 0 spiro atoms. The van der Waals surface area contributed by atoms with E-state index in [9.17, 15) is 0 Å². The topological polar surface area (TPSA) is 24.9 Å². The van der Waals surface area contributed by atoms with Crippen LogP contribution in [-0.2, 0) is 0 Å². The highest BCUT2D eigenvalue weighted by atomic mass is 79.9. The van der Waals surface area contributed by atoms with Gasteiger partial charge in [0.15, 0.2) is 0 Å². The van der Waals surface area contributed by atoms with Crippen molar-refractivity contribution >= 4 is 21.7 Å². The third-order valence-electron chi connectivity index (χ3n) is 3.62. The number of nitrogens with zero attached hydrogens (tertiary/aromatic N) is 1. The Hall–Kier alpha value is -0.570. The van der Waals surface area contributed by atoms with Crippen molar-refractivity contribution in [3.8, 4) is 0 Å². The highest BCUT2D eigenvalue weighted by Gasteiger charge is 2.38. The molecule has 0 aromatic carbocycles. The van der Waals surface area contributed by atoms with Crippen LogP contribution < -0.4 is 5.32 Å². The predicted molar refractivity (Wildman–Crippen MR) is 80.8 cm³/mol. The minimum atomic E-state index is 0.408. The molecule has 1 heterocycles. The largest absolute Gasteiger partial charge is 0.367 e. The van der Waals surface area contributed by atoms with Crippen molar-refractivity contribution in [2.75, 3.05) is 5.32 Å². The highest BCUT2D eigenvalue weighted by Crippen LogP contribution is 2.46. The van der Waals surface area contributed by atoms with Gasteiger partial charge in [-0.1, -0.05) is 33.8 Å². The molecule has 1 aromatic heterocycles. The molecule has 0 radical (unpaired) electrons. The lowest BCUT2D eigenvalue weighted by atomic mass is 9.63. The molecule has 0 bridgehead atoms. The maximum absolute atomic E-state index is 4.47. The SMILES string of the molecule is CC1(C)CC(Nc2cccc(Br)n2)CC(C)(C)C1. The first kappa shape index (κ1) is 13.9. The second-order valence-corrected chi connectivity index (χ2v) is 7.91. The minimum absolute atomic E-state index is 0.408. The van der Waals surface area contributed by atoms with Crippen molar-refractivity contribution in [1.82, 2.24) is 4.98 Å². The monoisotopic (exact) mass is 310 g/mol. The standard InChI is InChI=1S/C15H23BrN2/c1-14(2)8-11(9-15(3,4)10-14)17-13-7-5-6-12(16)18-13/h5-7,11H,8-10H2,1-4H3,(H,17,18). The molecule has 1 saturated carbocycles. The number of hydrogen-bond donors (Lipinski definition) is 1. The zero-order chi connectivity index (χ0) is 13.4. The summed E-state index contributed by atoms with van der Waals surface area (Å²) >= 11 is 3.42. The van der Waals surface area contributed by atoms with E-state index < -0.39 is 0 Å². The number of hydrogen-bond acceptors (Lipinski definition) is 2. The number of aromatic nitrogens is 1. The molecule has 1 aliphatic rings. The van der Waals surface area contributed by atoms with Crippen molar-refractivity contribution < 1.29 is 0 Å². The Kier molecular flexibility index (Phi) is 3.72. The molecular formula is C15H23BrN2. The van der Waals surface area contributed by atoms with Gasteiger partial charge in [0.25, 0.3) is 0 Å². The number of anilines is 1. The zero-order valence-electron chi connectivity index (χ0n) is 11.8. The van der Waals surface area contributed by atoms with Crippen molar-refractivity contribution in [2.45, 2.75) is 53.0 Å². The van der Waals surface area contributed by atoms with Gasteiger partial charge >= 0.3 is 0 Å². The Morgan fingerprint density at radius 3 is 2.33 bits per heavy atom. The van der Waals surface area contributed by atoms with Crippen LogP contribution in [0.15, 0.2) is 22.8 Å². The normalized spacial score (nSPS) is 22.7. The molecule has 0 aliphatic heterocycles. The fourth-order valence-corrected chi connectivity index (χ4v) is 3.99. The maximum atomic E-state index is 4.47. The average molecular weight is 311 g/mol. The molecule has 18 heavy (non-hydrogen) atoms. The van der Waals surface area contributed by atoms with E-state index >= 15 is 0 Å². The first-order valence-electron chi connectivity index (χ1n) is 6.65. The Morgan fingerprint density at radius 1 is 1.17 bits per heavy atom. The molecule has 1 aromatic rings. The van der Waals surface area contributed by atoms with Crippen LogP contribution >= 0.6 is 15.9 Å². The van der Waals surface area contributed by atoms with Crippen LogP contribution in [0.3, 0.4) is 0 Å². The molecule has 0 amide bonds. The summed E-state index contributed by atoms with van der Waals surface area (Å²) in [7, 11) is 0. The lowest BCUT2D eigenvalue weighted by molar-refractivity contribution is 0.105. The fourth-order valence-electron chi connectivity index (χ4n) is 3.65. The van der Waals surface area contributed by atoms with E-state index in [4.69, 9.17) is 0 Å². The van der Waals surface area contributed by atoms with Crippen LogP contribution in [0.5, 0.6) is 0 Å². The molecular weight excluding hydrogens is 288 g/mol. The van der Waals surface area contributed by atoms with Gasteiger partial charge in [-0.05, 0) is 58.2 Å². The molecule has 0 atom stereocenters. The van der Waals surface area contributed by atoms with Gasteiger partial charge in [0, 0.05) is 6.04 Å². The number of halogens is 1. The highest BCUT2D eigenvalue weighted by molar-refractivity contribution is 9.10. The van der Waals surface area contributed by atoms with E-state index in [-0.39, 0.29) is 0 Å². The molecule has 1 aliphatic carbocycles. The summed E-state index contributed by atoms with van der Waals surface area (Å²) in [4.78, 5) is 4.47. The fraction of sp³-hybridized carbons (Fsp3) is 0.667. The first-order chi connectivity index (χ1) is 8.26. The first-order valence-corrected chi connectivity index (χ1v) is 7.44. The second kappa shape index (κ2) is 4.84. The summed E-state index contributed by atoms with van der Waals surface area (Å²) in [5, 5.41) is 3.59. The summed E-state index contributed by atoms with van der Waals surface area (Å²) in [6.45, 7) is 9.49. The van der Waals surface area contributed by atoms with Gasteiger partial charge in [-0.15, -0.1) is 0 Å². The summed E-state index contributed by atoms with van der Waals surface area (Å²) < 4.78 is 0.891. The zero-order valence-corrected chi connectivity index (χ0v) is 13.3. The van der Waals surface area contributed by atoms with Crippen LogP contribution in [0.25, 0.3) is 0 Å². The molecule has 1 N–H and O–H groups in total. The van der Waals surface area contributed by atoms with Gasteiger partial charge in [-0.2, -0.15) is 0 Å². The van der Waals surface area contributed by atoms with E-state index in [2.05, 4.69) is 53.9 Å². The third kappa shape index (κ3) is 3.71. The summed E-state index contributed by atoms with van der Waals surface area (Å²) in [6, 6.07) is 6.54. The van der Waals surface area contributed by atoms with Gasteiger partial charge in [-0.25, -0.2) is 4.98 Å². The summed E-state index contributed by atoms with van der Waals surface area (Å²) in [6.07, 6.45) is 3.72. The van der Waals surface area contributed by atoms with Crippen molar-refractivity contribution in [3.63, 3.8) is 0 Å². The van der Waals surface area contributed by atoms with Gasteiger partial charge < -0.3 is 5.32 Å². The number of pyridine rings is 1. The van der Waals surface area contributed by atoms with Crippen LogP contribution in [-0.4, -0.2) is 11.0 Å². The molecule has 2 nitrogen and oxygen atoms in total. The van der Waals surface area contributed by atoms with E-state index in [0.29, 0.717) is 16.9 Å². The lowest BCUT2D eigenvalue weighted by Crippen LogP contribution is -2.40. The molecule has 1 fully saturated rings. The Labute approximate surface area is 119 Å². The Bertz CT molecular complexity index is 410. The average Bonchev–Trinajstić information content (AvgIpc) is 2.11. The maximum Gasteiger partial charge on any atom is 0.127 e. The van der Waals surface area contributed by atoms with Gasteiger partial charge in [0.2, 0.25) is 0 Å². The lowest BCUT2D eigenvalue weighted by Gasteiger charge is -2.45. The summed E-state index contributed by atoms with van der Waals surface area (Å²) in [5.74, 6) is 0.975. The van der Waals surface area contributed by atoms with Gasteiger partial charge in [0.05, 0.1) is 0 Å². The predicted octanol–water partition coefficient (Wildman–Crippen LogP) is 4.86. The third-order valence-corrected chi connectivity index (χ3v) is 4.06. The van der Waals surface area contributed by atoms with Crippen LogP contribution in [0, 0.1) is 10.8 Å². The van der Waals surface area contributed by atoms with Gasteiger partial charge in [-0.3, -0.25) is 0 Å². The minimum Gasteiger partial charge on any atom is -0.367 e. The van der Waals surface area contributed by atoms with Crippen molar-refractivity contribution in [2.24, 2.45) is 10.8 Å². The van der Waals surface area contributed by atoms with E-state index in [1.54, 1.807) is 0 Å². The Balaban J connectivity index is 2.09. The van der Waals surface area contributed by atoms with Crippen molar-refractivity contribution in [3.05, 3.63) is 22.8 Å². The molecule has 0 saturated heterocycles. The Morgan fingerprint density at radius 2 is 1.78 bits per heavy atom. The molecule has 0 unspecified atom stereocenters. The molecule has 2 rings (SSSR count). The van der Waals surface area contributed by atoms with E-state index in [1.807, 2.05) is 18.2 Å². The quantitative estimate of drug-likeness (QED) is 0.789. The van der Waals surface area contributed by atoms with Crippen LogP contribution in [0.2, 0.25) is 0 Å². The molecule has 3 heteroatoms. The number of nitrogens with one attached hydrogen (secondary N) is 1. The van der Waals surface area contributed by atoms with E-state index in [1.165, 1.54) is 19.3 Å². The van der Waals surface area contributed by atoms with Crippen LogP contribution in [0.1, 0.15) is 47.0 Å². The second-order valence-electron chi connectivity index (χ2n) is 7.10. The smallest absolute Gasteiger partial charge is 0.127 e. The van der Waals surface area contributed by atoms with Gasteiger partial charge in [0.1, 0.15) is 10.4 Å². The summed E-state index contributed by atoms with van der Waals surface area (Å²) in [5.41, 5.74) is 0.816. The number of rotatable bonds is 2. The van der Waals surface area contributed by atoms with E-state index in [0.717, 1.165) is 10.4 Å². The van der Waals surface area contributed by atoms with Crippen LogP contribution in [0.4, 0.5) is 5.82 Å². The van der Waals surface area contributed by atoms with Crippen molar-refractivity contribution in [1.29, 1.82) is 0 Å². The molecule has 100 valence electrons.